The molecule has 2 nitrogen and oxygen atoms in total. The molecule has 0 saturated heterocycles. The first-order chi connectivity index (χ1) is 7.20. The van der Waals surface area contributed by atoms with Crippen LogP contribution in [-0.2, 0) is 0 Å². The van der Waals surface area contributed by atoms with Crippen LogP contribution in [0.2, 0.25) is 10.2 Å². The summed E-state index contributed by atoms with van der Waals surface area (Å²) in [6.45, 7) is 2.58. The van der Waals surface area contributed by atoms with Gasteiger partial charge in [0.15, 0.2) is 0 Å². The Hall–Kier alpha value is -0.990. The first-order valence-electron chi connectivity index (χ1n) is 4.59. The first-order valence-corrected chi connectivity index (χ1v) is 5.35. The molecule has 0 aliphatic rings. The number of benzene rings is 1. The van der Waals surface area contributed by atoms with Gasteiger partial charge in [-0.25, -0.2) is 4.98 Å². The van der Waals surface area contributed by atoms with Crippen molar-refractivity contribution >= 4 is 34.1 Å². The summed E-state index contributed by atoms with van der Waals surface area (Å²) in [6.07, 6.45) is 0. The molecule has 0 atom stereocenters. The van der Waals surface area contributed by atoms with Crippen molar-refractivity contribution in [2.24, 2.45) is 0 Å². The van der Waals surface area contributed by atoms with Gasteiger partial charge in [-0.15, -0.1) is 0 Å². The largest absolute Gasteiger partial charge is 0.494 e. The van der Waals surface area contributed by atoms with Gasteiger partial charge in [-0.3, -0.25) is 0 Å². The van der Waals surface area contributed by atoms with Gasteiger partial charge in [-0.05, 0) is 31.2 Å². The Balaban J connectivity index is 2.56. The van der Waals surface area contributed by atoms with Crippen LogP contribution in [0.15, 0.2) is 24.3 Å². The molecule has 2 rings (SSSR count). The number of fused-ring (bicyclic) bond motifs is 1. The Bertz CT molecular complexity index is 499. The smallest absolute Gasteiger partial charge is 0.148 e. The van der Waals surface area contributed by atoms with E-state index in [0.717, 1.165) is 16.7 Å². The minimum atomic E-state index is 0.327. The highest BCUT2D eigenvalue weighted by Crippen LogP contribution is 2.27. The third kappa shape index (κ3) is 2.16. The molecular formula is C11H9Cl2NO. The molecule has 4 heteroatoms. The topological polar surface area (TPSA) is 22.1 Å². The van der Waals surface area contributed by atoms with Crippen molar-refractivity contribution < 1.29 is 4.74 Å². The Morgan fingerprint density at radius 2 is 2.07 bits per heavy atom. The van der Waals surface area contributed by atoms with Crippen LogP contribution in [0.1, 0.15) is 6.92 Å². The number of nitrogens with zero attached hydrogens (tertiary/aromatic N) is 1. The zero-order chi connectivity index (χ0) is 10.8. The summed E-state index contributed by atoms with van der Waals surface area (Å²) in [6, 6.07) is 7.41. The van der Waals surface area contributed by atoms with Crippen molar-refractivity contribution in [2.75, 3.05) is 6.61 Å². The van der Waals surface area contributed by atoms with Crippen molar-refractivity contribution in [1.29, 1.82) is 0 Å². The standard InChI is InChI=1S/C11H9Cl2NO/c1-2-15-8-3-4-10-7(5-8)6-9(12)11(13)14-10/h3-6H,2H2,1H3. The lowest BCUT2D eigenvalue weighted by Gasteiger charge is -2.05. The second-order valence-electron chi connectivity index (χ2n) is 3.05. The molecule has 0 saturated carbocycles. The SMILES string of the molecule is CCOc1ccc2nc(Cl)c(Cl)cc2c1. The summed E-state index contributed by atoms with van der Waals surface area (Å²) < 4.78 is 5.38. The van der Waals surface area contributed by atoms with E-state index in [-0.39, 0.29) is 0 Å². The average Bonchev–Trinajstić information content (AvgIpc) is 2.21. The van der Waals surface area contributed by atoms with Gasteiger partial charge in [0.1, 0.15) is 10.9 Å². The molecule has 0 fully saturated rings. The molecule has 15 heavy (non-hydrogen) atoms. The Morgan fingerprint density at radius 1 is 1.27 bits per heavy atom. The molecule has 0 aliphatic heterocycles. The summed E-state index contributed by atoms with van der Waals surface area (Å²) >= 11 is 11.7. The predicted molar refractivity (Wildman–Crippen MR) is 62.9 cm³/mol. The molecule has 2 aromatic rings. The number of aromatic nitrogens is 1. The molecule has 1 aromatic carbocycles. The van der Waals surface area contributed by atoms with Gasteiger partial charge in [0.05, 0.1) is 17.1 Å². The van der Waals surface area contributed by atoms with Crippen LogP contribution in [0.3, 0.4) is 0 Å². The minimum absolute atomic E-state index is 0.327. The van der Waals surface area contributed by atoms with Gasteiger partial charge in [0.2, 0.25) is 0 Å². The lowest BCUT2D eigenvalue weighted by Crippen LogP contribution is -1.91. The monoisotopic (exact) mass is 241 g/mol. The molecule has 0 radical (unpaired) electrons. The first kappa shape index (κ1) is 10.5. The summed E-state index contributed by atoms with van der Waals surface area (Å²) in [5, 5.41) is 1.71. The van der Waals surface area contributed by atoms with Crippen LogP contribution in [-0.4, -0.2) is 11.6 Å². The van der Waals surface area contributed by atoms with Gasteiger partial charge in [-0.2, -0.15) is 0 Å². The van der Waals surface area contributed by atoms with Crippen molar-refractivity contribution in [1.82, 2.24) is 4.98 Å². The highest BCUT2D eigenvalue weighted by molar-refractivity contribution is 6.41. The van der Waals surface area contributed by atoms with E-state index in [0.29, 0.717) is 16.8 Å². The maximum absolute atomic E-state index is 5.88. The van der Waals surface area contributed by atoms with E-state index in [1.807, 2.05) is 25.1 Å². The minimum Gasteiger partial charge on any atom is -0.494 e. The lowest BCUT2D eigenvalue weighted by molar-refractivity contribution is 0.340. The molecule has 0 aliphatic carbocycles. The number of hydrogen-bond acceptors (Lipinski definition) is 2. The maximum Gasteiger partial charge on any atom is 0.148 e. The third-order valence-electron chi connectivity index (χ3n) is 2.01. The fourth-order valence-electron chi connectivity index (χ4n) is 1.36. The number of ether oxygens (including phenoxy) is 1. The normalized spacial score (nSPS) is 10.6. The number of halogens is 2. The zero-order valence-corrected chi connectivity index (χ0v) is 9.64. The molecule has 0 N–H and O–H groups in total. The molecule has 0 unspecified atom stereocenters. The fourth-order valence-corrected chi connectivity index (χ4v) is 1.67. The number of rotatable bonds is 2. The second kappa shape index (κ2) is 4.25. The summed E-state index contributed by atoms with van der Waals surface area (Å²) in [5.41, 5.74) is 0.813. The fraction of sp³-hybridized carbons (Fsp3) is 0.182. The lowest BCUT2D eigenvalue weighted by atomic mass is 10.2. The Kier molecular flexibility index (Phi) is 2.98. The van der Waals surface area contributed by atoms with E-state index >= 15 is 0 Å². The van der Waals surface area contributed by atoms with E-state index < -0.39 is 0 Å². The molecule has 0 amide bonds. The third-order valence-corrected chi connectivity index (χ3v) is 2.68. The molecular weight excluding hydrogens is 233 g/mol. The van der Waals surface area contributed by atoms with Crippen molar-refractivity contribution in [3.63, 3.8) is 0 Å². The van der Waals surface area contributed by atoms with Gasteiger partial charge in [0.25, 0.3) is 0 Å². The maximum atomic E-state index is 5.88. The molecule has 0 spiro atoms. The van der Waals surface area contributed by atoms with Crippen molar-refractivity contribution in [3.8, 4) is 5.75 Å². The highest BCUT2D eigenvalue weighted by atomic mass is 35.5. The number of hydrogen-bond donors (Lipinski definition) is 0. The molecule has 1 heterocycles. The number of pyridine rings is 1. The Morgan fingerprint density at radius 3 is 2.80 bits per heavy atom. The van der Waals surface area contributed by atoms with Crippen molar-refractivity contribution in [3.05, 3.63) is 34.4 Å². The predicted octanol–water partition coefficient (Wildman–Crippen LogP) is 3.94. The van der Waals surface area contributed by atoms with E-state index in [9.17, 15) is 0 Å². The van der Waals surface area contributed by atoms with Crippen molar-refractivity contribution in [2.45, 2.75) is 6.92 Å². The average molecular weight is 242 g/mol. The van der Waals surface area contributed by atoms with Gasteiger partial charge in [-0.1, -0.05) is 23.2 Å². The van der Waals surface area contributed by atoms with E-state index in [1.54, 1.807) is 6.07 Å². The Labute approximate surface area is 97.8 Å². The van der Waals surface area contributed by atoms with Crippen LogP contribution in [0.5, 0.6) is 5.75 Å². The molecule has 1 aromatic heterocycles. The van der Waals surface area contributed by atoms with E-state index in [2.05, 4.69) is 4.98 Å². The zero-order valence-electron chi connectivity index (χ0n) is 8.13. The van der Waals surface area contributed by atoms with E-state index in [4.69, 9.17) is 27.9 Å². The molecule has 78 valence electrons. The van der Waals surface area contributed by atoms with Crippen LogP contribution in [0.25, 0.3) is 10.9 Å². The van der Waals surface area contributed by atoms with Gasteiger partial charge in [0, 0.05) is 5.39 Å². The van der Waals surface area contributed by atoms with Crippen LogP contribution >= 0.6 is 23.2 Å². The summed E-state index contributed by atoms with van der Waals surface area (Å²) in [4.78, 5) is 4.15. The van der Waals surface area contributed by atoms with E-state index in [1.165, 1.54) is 0 Å². The summed E-state index contributed by atoms with van der Waals surface area (Å²) in [5.74, 6) is 0.810. The summed E-state index contributed by atoms with van der Waals surface area (Å²) in [7, 11) is 0. The highest BCUT2D eigenvalue weighted by Gasteiger charge is 2.03. The van der Waals surface area contributed by atoms with Crippen LogP contribution in [0.4, 0.5) is 0 Å². The van der Waals surface area contributed by atoms with Gasteiger partial charge < -0.3 is 4.74 Å². The quantitative estimate of drug-likeness (QED) is 0.744. The molecule has 0 bridgehead atoms. The second-order valence-corrected chi connectivity index (χ2v) is 3.81. The van der Waals surface area contributed by atoms with Gasteiger partial charge >= 0.3 is 0 Å². The van der Waals surface area contributed by atoms with Crippen LogP contribution < -0.4 is 4.74 Å². The van der Waals surface area contributed by atoms with Crippen LogP contribution in [0, 0.1) is 0 Å².